The number of hydrogen-bond acceptors (Lipinski definition) is 2. The van der Waals surface area contributed by atoms with E-state index >= 15 is 0 Å². The van der Waals surface area contributed by atoms with Gasteiger partial charge in [-0.2, -0.15) is 0 Å². The van der Waals surface area contributed by atoms with Crippen LogP contribution in [0.3, 0.4) is 0 Å². The number of ether oxygens (including phenoxy) is 1. The number of carbonyl (C=O) groups excluding carboxylic acids is 1. The van der Waals surface area contributed by atoms with E-state index in [9.17, 15) is 4.79 Å². The number of rotatable bonds is 1. The first kappa shape index (κ1) is 9.47. The smallest absolute Gasteiger partial charge is 0.307 e. The van der Waals surface area contributed by atoms with Crippen LogP contribution in [-0.2, 0) is 26.6 Å². The molecule has 10 heavy (non-hydrogen) atoms. The molecule has 0 amide bonds. The van der Waals surface area contributed by atoms with Gasteiger partial charge in [0.15, 0.2) is 0 Å². The molecule has 0 fully saturated rings. The largest absolute Gasteiger partial charge is 0.431 e. The Kier molecular flexibility index (Phi) is 4.08. The summed E-state index contributed by atoms with van der Waals surface area (Å²) in [6.45, 7) is 1.40. The molecule has 0 saturated heterocycles. The third-order valence-electron chi connectivity index (χ3n) is 1.01. The number of esters is 1. The van der Waals surface area contributed by atoms with Crippen LogP contribution in [0.4, 0.5) is 0 Å². The van der Waals surface area contributed by atoms with Crippen LogP contribution in [0.25, 0.3) is 0 Å². The normalized spacial score (nSPS) is 13.9. The summed E-state index contributed by atoms with van der Waals surface area (Å²) in [4.78, 5) is 10.3. The Morgan fingerprint density at radius 3 is 2.80 bits per heavy atom. The predicted octanol–water partition coefficient (Wildman–Crippen LogP) is 1.39. The minimum absolute atomic E-state index is 0. The maximum Gasteiger partial charge on any atom is 0.307 e. The predicted molar refractivity (Wildman–Crippen MR) is 33.6 cm³/mol. The Bertz CT molecular complexity index is 182. The molecule has 0 aromatic heterocycles. The molecule has 56 valence electrons. The van der Waals surface area contributed by atoms with Crippen molar-refractivity contribution < 1.29 is 26.6 Å². The van der Waals surface area contributed by atoms with Crippen molar-refractivity contribution in [1.29, 1.82) is 0 Å². The van der Waals surface area contributed by atoms with Gasteiger partial charge in [0, 0.05) is 30.4 Å². The van der Waals surface area contributed by atoms with Gasteiger partial charge < -0.3 is 4.74 Å². The quantitative estimate of drug-likeness (QED) is 0.450. The molecule has 0 saturated carbocycles. The number of allylic oxidation sites excluding steroid dienone is 3. The molecule has 0 aromatic rings. The fourth-order valence-electron chi connectivity index (χ4n) is 0.688. The molecule has 0 N–H and O–H groups in total. The Morgan fingerprint density at radius 2 is 2.40 bits per heavy atom. The monoisotopic (exact) mass is 180 g/mol. The SMILES string of the molecule is CC(=O)OC1=CC=CC1.[Fe]. The molecule has 0 spiro atoms. The van der Waals surface area contributed by atoms with Gasteiger partial charge >= 0.3 is 5.97 Å². The summed E-state index contributed by atoms with van der Waals surface area (Å²) in [6.07, 6.45) is 6.36. The summed E-state index contributed by atoms with van der Waals surface area (Å²) in [5, 5.41) is 0. The average molecular weight is 180 g/mol. The van der Waals surface area contributed by atoms with Gasteiger partial charge in [-0.25, -0.2) is 0 Å². The van der Waals surface area contributed by atoms with Crippen molar-refractivity contribution in [2.75, 3.05) is 0 Å². The molecule has 1 rings (SSSR count). The van der Waals surface area contributed by atoms with Crippen LogP contribution in [0, 0.1) is 0 Å². The van der Waals surface area contributed by atoms with Crippen LogP contribution in [0.5, 0.6) is 0 Å². The van der Waals surface area contributed by atoms with E-state index in [1.165, 1.54) is 6.92 Å². The molecule has 0 radical (unpaired) electrons. The second-order valence-corrected chi connectivity index (χ2v) is 1.86. The van der Waals surface area contributed by atoms with Gasteiger partial charge in [0.2, 0.25) is 0 Å². The fourth-order valence-corrected chi connectivity index (χ4v) is 0.688. The van der Waals surface area contributed by atoms with E-state index in [0.29, 0.717) is 0 Å². The van der Waals surface area contributed by atoms with Gasteiger partial charge in [-0.1, -0.05) is 12.2 Å². The van der Waals surface area contributed by atoms with Crippen LogP contribution in [-0.4, -0.2) is 5.97 Å². The van der Waals surface area contributed by atoms with Crippen LogP contribution in [0.1, 0.15) is 13.3 Å². The molecule has 3 heteroatoms. The number of hydrogen-bond donors (Lipinski definition) is 0. The fraction of sp³-hybridized carbons (Fsp3) is 0.286. The van der Waals surface area contributed by atoms with Crippen LogP contribution >= 0.6 is 0 Å². The van der Waals surface area contributed by atoms with Crippen molar-refractivity contribution in [3.8, 4) is 0 Å². The standard InChI is InChI=1S/C7H8O2.Fe/c1-6(8)9-7-4-2-3-5-7;/h2-4H,5H2,1H3;. The van der Waals surface area contributed by atoms with E-state index in [1.807, 2.05) is 12.2 Å². The van der Waals surface area contributed by atoms with E-state index < -0.39 is 0 Å². The zero-order valence-electron chi connectivity index (χ0n) is 5.61. The van der Waals surface area contributed by atoms with Crippen LogP contribution < -0.4 is 0 Å². The maximum absolute atomic E-state index is 10.3. The summed E-state index contributed by atoms with van der Waals surface area (Å²) in [5.74, 6) is 0.493. The third-order valence-corrected chi connectivity index (χ3v) is 1.01. The van der Waals surface area contributed by atoms with Gasteiger partial charge in [0.25, 0.3) is 0 Å². The summed E-state index contributed by atoms with van der Waals surface area (Å²) in [6, 6.07) is 0. The molecule has 0 atom stereocenters. The van der Waals surface area contributed by atoms with Crippen molar-refractivity contribution >= 4 is 5.97 Å². The summed E-state index contributed by atoms with van der Waals surface area (Å²) in [5.41, 5.74) is 0. The molecule has 0 bridgehead atoms. The summed E-state index contributed by atoms with van der Waals surface area (Å²) in [7, 11) is 0. The molecule has 1 aliphatic carbocycles. The van der Waals surface area contributed by atoms with Crippen molar-refractivity contribution in [3.63, 3.8) is 0 Å². The first-order valence-electron chi connectivity index (χ1n) is 2.83. The van der Waals surface area contributed by atoms with Crippen LogP contribution in [0.2, 0.25) is 0 Å². The van der Waals surface area contributed by atoms with E-state index in [2.05, 4.69) is 0 Å². The topological polar surface area (TPSA) is 26.3 Å². The molecule has 0 heterocycles. The zero-order valence-corrected chi connectivity index (χ0v) is 6.71. The molecular weight excluding hydrogens is 172 g/mol. The maximum atomic E-state index is 10.3. The molecule has 2 nitrogen and oxygen atoms in total. The second-order valence-electron chi connectivity index (χ2n) is 1.86. The first-order chi connectivity index (χ1) is 4.29. The van der Waals surface area contributed by atoms with Gasteiger partial charge in [-0.05, 0) is 6.08 Å². The van der Waals surface area contributed by atoms with Gasteiger partial charge in [-0.15, -0.1) is 0 Å². The molecule has 0 aliphatic heterocycles. The Hall–Kier alpha value is -0.531. The van der Waals surface area contributed by atoms with Gasteiger partial charge in [0.05, 0.1) is 0 Å². The average Bonchev–Trinajstić information content (AvgIpc) is 2.15. The molecule has 0 aromatic carbocycles. The van der Waals surface area contributed by atoms with Gasteiger partial charge in [0.1, 0.15) is 5.76 Å². The summed E-state index contributed by atoms with van der Waals surface area (Å²) >= 11 is 0. The Labute approximate surface area is 70.4 Å². The van der Waals surface area contributed by atoms with E-state index in [-0.39, 0.29) is 23.0 Å². The third kappa shape index (κ3) is 2.85. The zero-order chi connectivity index (χ0) is 6.69. The summed E-state index contributed by atoms with van der Waals surface area (Å²) < 4.78 is 4.77. The van der Waals surface area contributed by atoms with Crippen molar-refractivity contribution in [1.82, 2.24) is 0 Å². The van der Waals surface area contributed by atoms with E-state index in [4.69, 9.17) is 4.74 Å². The molecule has 1 aliphatic rings. The van der Waals surface area contributed by atoms with Gasteiger partial charge in [-0.3, -0.25) is 4.79 Å². The molecule has 0 unspecified atom stereocenters. The number of carbonyl (C=O) groups is 1. The van der Waals surface area contributed by atoms with E-state index in [0.717, 1.165) is 12.2 Å². The van der Waals surface area contributed by atoms with Crippen molar-refractivity contribution in [2.24, 2.45) is 0 Å². The molecular formula is C7H8FeO2. The van der Waals surface area contributed by atoms with E-state index in [1.54, 1.807) is 6.08 Å². The van der Waals surface area contributed by atoms with Crippen molar-refractivity contribution in [3.05, 3.63) is 24.0 Å². The Balaban J connectivity index is 0.000000810. The minimum Gasteiger partial charge on any atom is -0.431 e. The minimum atomic E-state index is -0.245. The second kappa shape index (κ2) is 4.31. The van der Waals surface area contributed by atoms with Crippen molar-refractivity contribution in [2.45, 2.75) is 13.3 Å². The van der Waals surface area contributed by atoms with Crippen LogP contribution in [0.15, 0.2) is 24.0 Å². The Morgan fingerprint density at radius 1 is 1.70 bits per heavy atom. The first-order valence-corrected chi connectivity index (χ1v) is 2.83.